The lowest BCUT2D eigenvalue weighted by Crippen LogP contribution is -2.26. The van der Waals surface area contributed by atoms with Crippen molar-refractivity contribution in [3.05, 3.63) is 54.1 Å². The van der Waals surface area contributed by atoms with Crippen molar-refractivity contribution in [2.45, 2.75) is 13.3 Å². The summed E-state index contributed by atoms with van der Waals surface area (Å²) in [6, 6.07) is 8.28. The van der Waals surface area contributed by atoms with Crippen LogP contribution in [0, 0.1) is 0 Å². The largest absolute Gasteiger partial charge is 0.341 e. The highest BCUT2D eigenvalue weighted by atomic mass is 15.3. The van der Waals surface area contributed by atoms with Crippen LogP contribution in [0.1, 0.15) is 13.3 Å². The first-order valence-corrected chi connectivity index (χ1v) is 6.95. The van der Waals surface area contributed by atoms with Gasteiger partial charge in [-0.3, -0.25) is 4.57 Å². The van der Waals surface area contributed by atoms with Gasteiger partial charge in [0, 0.05) is 19.8 Å². The normalized spacial score (nSPS) is 15.3. The highest BCUT2D eigenvalue weighted by Gasteiger charge is 2.18. The highest BCUT2D eigenvalue weighted by molar-refractivity contribution is 5.82. The zero-order chi connectivity index (χ0) is 13.9. The molecule has 2 heterocycles. The first-order valence-electron chi connectivity index (χ1n) is 6.95. The molecular weight excluding hydrogens is 246 g/mol. The number of allylic oxidation sites excluding steroid dienone is 4. The van der Waals surface area contributed by atoms with Crippen LogP contribution in [0.5, 0.6) is 0 Å². The average molecular weight is 265 g/mol. The van der Waals surface area contributed by atoms with Gasteiger partial charge in [-0.15, -0.1) is 0 Å². The lowest BCUT2D eigenvalue weighted by atomic mass is 10.1. The molecule has 0 aliphatic carbocycles. The van der Waals surface area contributed by atoms with Crippen molar-refractivity contribution in [2.24, 2.45) is 0 Å². The van der Waals surface area contributed by atoms with E-state index in [9.17, 15) is 0 Å². The Morgan fingerprint density at radius 3 is 2.95 bits per heavy atom. The van der Waals surface area contributed by atoms with Crippen molar-refractivity contribution < 1.29 is 0 Å². The van der Waals surface area contributed by atoms with Gasteiger partial charge in [0.2, 0.25) is 5.95 Å². The van der Waals surface area contributed by atoms with Crippen LogP contribution in [0.4, 0.5) is 5.95 Å². The third-order valence-electron chi connectivity index (χ3n) is 3.49. The van der Waals surface area contributed by atoms with E-state index in [1.807, 2.05) is 19.1 Å². The molecule has 0 atom stereocenters. The molecule has 3 heteroatoms. The van der Waals surface area contributed by atoms with Gasteiger partial charge in [-0.25, -0.2) is 4.98 Å². The molecule has 1 aliphatic heterocycles. The Bertz CT molecular complexity index is 704. The molecule has 0 unspecified atom stereocenters. The minimum atomic E-state index is 0.934. The quantitative estimate of drug-likeness (QED) is 0.786. The minimum absolute atomic E-state index is 0.934. The summed E-state index contributed by atoms with van der Waals surface area (Å²) in [5.74, 6) is 1.02. The standard InChI is InChI=1S/C17H19N3/c1-3-4-5-6-9-14-12-19(2)17-18-15-10-7-8-11-16(15)20(17)13-14/h3-8,10-11,13H,9,12H2,1-2H3/b4-3-,6-5?. The molecule has 0 fully saturated rings. The fourth-order valence-corrected chi connectivity index (χ4v) is 2.55. The number of para-hydroxylation sites is 2. The van der Waals surface area contributed by atoms with Crippen LogP contribution in [0.15, 0.2) is 54.1 Å². The molecule has 0 radical (unpaired) electrons. The minimum Gasteiger partial charge on any atom is -0.341 e. The fraction of sp³-hybridized carbons (Fsp3) is 0.235. The van der Waals surface area contributed by atoms with Gasteiger partial charge in [0.1, 0.15) is 0 Å². The van der Waals surface area contributed by atoms with Crippen molar-refractivity contribution in [1.29, 1.82) is 0 Å². The van der Waals surface area contributed by atoms with Crippen molar-refractivity contribution >= 4 is 23.2 Å². The van der Waals surface area contributed by atoms with E-state index in [0.717, 1.165) is 24.4 Å². The summed E-state index contributed by atoms with van der Waals surface area (Å²) >= 11 is 0. The molecule has 1 aromatic heterocycles. The molecule has 3 rings (SSSR count). The van der Waals surface area contributed by atoms with Gasteiger partial charge in [0.05, 0.1) is 11.0 Å². The number of aromatic nitrogens is 2. The molecule has 0 bridgehead atoms. The van der Waals surface area contributed by atoms with Crippen LogP contribution in [0.2, 0.25) is 0 Å². The number of hydrogen-bond acceptors (Lipinski definition) is 2. The van der Waals surface area contributed by atoms with Crippen LogP contribution in [-0.2, 0) is 0 Å². The Balaban J connectivity index is 1.97. The van der Waals surface area contributed by atoms with Crippen LogP contribution in [-0.4, -0.2) is 23.1 Å². The number of fused-ring (bicyclic) bond motifs is 3. The fourth-order valence-electron chi connectivity index (χ4n) is 2.55. The Hall–Kier alpha value is -2.29. The molecule has 2 aromatic rings. The van der Waals surface area contributed by atoms with Crippen molar-refractivity contribution in [2.75, 3.05) is 18.5 Å². The average Bonchev–Trinajstić information content (AvgIpc) is 2.83. The smallest absolute Gasteiger partial charge is 0.210 e. The summed E-state index contributed by atoms with van der Waals surface area (Å²) in [7, 11) is 2.10. The summed E-state index contributed by atoms with van der Waals surface area (Å²) in [5, 5.41) is 0. The molecule has 0 saturated carbocycles. The van der Waals surface area contributed by atoms with Gasteiger partial charge >= 0.3 is 0 Å². The van der Waals surface area contributed by atoms with E-state index >= 15 is 0 Å². The summed E-state index contributed by atoms with van der Waals surface area (Å²) < 4.78 is 2.19. The summed E-state index contributed by atoms with van der Waals surface area (Å²) in [5.41, 5.74) is 3.61. The molecule has 0 N–H and O–H groups in total. The second kappa shape index (κ2) is 5.37. The summed E-state index contributed by atoms with van der Waals surface area (Å²) in [4.78, 5) is 6.90. The number of nitrogens with zero attached hydrogens (tertiary/aromatic N) is 3. The van der Waals surface area contributed by atoms with E-state index in [0.29, 0.717) is 0 Å². The van der Waals surface area contributed by atoms with Gasteiger partial charge < -0.3 is 4.90 Å². The molecule has 1 aliphatic rings. The van der Waals surface area contributed by atoms with E-state index in [4.69, 9.17) is 4.98 Å². The van der Waals surface area contributed by atoms with E-state index in [1.54, 1.807) is 0 Å². The number of rotatable bonds is 3. The number of anilines is 1. The Kier molecular flexibility index (Phi) is 3.42. The first-order chi connectivity index (χ1) is 9.79. The Morgan fingerprint density at radius 1 is 1.25 bits per heavy atom. The molecule has 102 valence electrons. The van der Waals surface area contributed by atoms with Gasteiger partial charge in [-0.1, -0.05) is 36.4 Å². The van der Waals surface area contributed by atoms with Gasteiger partial charge in [-0.05, 0) is 31.1 Å². The maximum absolute atomic E-state index is 4.69. The van der Waals surface area contributed by atoms with Crippen LogP contribution in [0.3, 0.4) is 0 Å². The Morgan fingerprint density at radius 2 is 2.10 bits per heavy atom. The van der Waals surface area contributed by atoms with Crippen molar-refractivity contribution in [1.82, 2.24) is 9.55 Å². The third kappa shape index (κ3) is 2.27. The number of hydrogen-bond donors (Lipinski definition) is 0. The molecule has 0 amide bonds. The topological polar surface area (TPSA) is 21.1 Å². The molecule has 0 saturated heterocycles. The monoisotopic (exact) mass is 265 g/mol. The van der Waals surface area contributed by atoms with Crippen molar-refractivity contribution in [3.8, 4) is 0 Å². The van der Waals surface area contributed by atoms with Crippen molar-refractivity contribution in [3.63, 3.8) is 0 Å². The summed E-state index contributed by atoms with van der Waals surface area (Å²) in [6.07, 6.45) is 11.6. The zero-order valence-corrected chi connectivity index (χ0v) is 12.0. The van der Waals surface area contributed by atoms with E-state index in [1.165, 1.54) is 11.1 Å². The maximum Gasteiger partial charge on any atom is 0.210 e. The van der Waals surface area contributed by atoms with Crippen LogP contribution < -0.4 is 4.90 Å². The predicted octanol–water partition coefficient (Wildman–Crippen LogP) is 3.85. The van der Waals surface area contributed by atoms with Gasteiger partial charge in [0.15, 0.2) is 0 Å². The lowest BCUT2D eigenvalue weighted by Gasteiger charge is -2.25. The maximum atomic E-state index is 4.69. The predicted molar refractivity (Wildman–Crippen MR) is 85.8 cm³/mol. The number of benzene rings is 1. The first kappa shape index (κ1) is 12.7. The molecule has 3 nitrogen and oxygen atoms in total. The lowest BCUT2D eigenvalue weighted by molar-refractivity contribution is 0.864. The van der Waals surface area contributed by atoms with Gasteiger partial charge in [-0.2, -0.15) is 0 Å². The van der Waals surface area contributed by atoms with Crippen LogP contribution in [0.25, 0.3) is 17.2 Å². The Labute approximate surface area is 119 Å². The van der Waals surface area contributed by atoms with Gasteiger partial charge in [0.25, 0.3) is 0 Å². The van der Waals surface area contributed by atoms with Crippen LogP contribution >= 0.6 is 0 Å². The second-order valence-corrected chi connectivity index (χ2v) is 5.07. The molecule has 0 spiro atoms. The summed E-state index contributed by atoms with van der Waals surface area (Å²) in [6.45, 7) is 2.96. The highest BCUT2D eigenvalue weighted by Crippen LogP contribution is 2.27. The molecular formula is C17H19N3. The van der Waals surface area contributed by atoms with E-state index < -0.39 is 0 Å². The van der Waals surface area contributed by atoms with E-state index in [-0.39, 0.29) is 0 Å². The molecule has 1 aromatic carbocycles. The molecule has 20 heavy (non-hydrogen) atoms. The second-order valence-electron chi connectivity index (χ2n) is 5.07. The number of likely N-dealkylation sites (N-methyl/N-ethyl adjacent to an activating group) is 1. The van der Waals surface area contributed by atoms with E-state index in [2.05, 4.69) is 59.1 Å². The SMILES string of the molecule is C/C=C\C=CCC1=Cn2c(nc3ccccc32)N(C)C1. The number of imidazole rings is 1. The third-order valence-corrected chi connectivity index (χ3v) is 3.49. The zero-order valence-electron chi connectivity index (χ0n) is 12.0.